The van der Waals surface area contributed by atoms with E-state index in [1.165, 1.54) is 19.3 Å². The standard InChI is InChI=1S/C11H15BrN2/c1-9-10(12)5-6-11(13-9)14-7-3-2-4-8-14/h5-6H,2-4,7-8H2,1H3. The van der Waals surface area contributed by atoms with E-state index in [2.05, 4.69) is 37.9 Å². The Bertz CT molecular complexity index is 319. The van der Waals surface area contributed by atoms with Crippen molar-refractivity contribution < 1.29 is 0 Å². The quantitative estimate of drug-likeness (QED) is 0.766. The molecule has 3 heteroatoms. The molecular weight excluding hydrogens is 240 g/mol. The minimum absolute atomic E-state index is 1.08. The van der Waals surface area contributed by atoms with Gasteiger partial charge in [-0.3, -0.25) is 0 Å². The first-order valence-electron chi connectivity index (χ1n) is 5.15. The maximum Gasteiger partial charge on any atom is 0.128 e. The monoisotopic (exact) mass is 254 g/mol. The molecule has 1 aliphatic rings. The maximum absolute atomic E-state index is 4.58. The fourth-order valence-corrected chi connectivity index (χ4v) is 2.05. The van der Waals surface area contributed by atoms with Crippen LogP contribution in [0.3, 0.4) is 0 Å². The molecule has 0 spiro atoms. The highest BCUT2D eigenvalue weighted by molar-refractivity contribution is 9.10. The van der Waals surface area contributed by atoms with Crippen molar-refractivity contribution in [1.29, 1.82) is 0 Å². The van der Waals surface area contributed by atoms with Crippen LogP contribution >= 0.6 is 15.9 Å². The topological polar surface area (TPSA) is 16.1 Å². The first kappa shape index (κ1) is 9.97. The first-order valence-corrected chi connectivity index (χ1v) is 5.95. The van der Waals surface area contributed by atoms with E-state index in [0.717, 1.165) is 29.1 Å². The van der Waals surface area contributed by atoms with E-state index in [-0.39, 0.29) is 0 Å². The van der Waals surface area contributed by atoms with Crippen LogP contribution in [0.4, 0.5) is 5.82 Å². The van der Waals surface area contributed by atoms with E-state index in [4.69, 9.17) is 0 Å². The molecule has 0 bridgehead atoms. The van der Waals surface area contributed by atoms with Gasteiger partial charge in [0, 0.05) is 17.6 Å². The number of pyridine rings is 1. The predicted molar refractivity (Wildman–Crippen MR) is 62.7 cm³/mol. The molecule has 1 aromatic rings. The smallest absolute Gasteiger partial charge is 0.128 e. The van der Waals surface area contributed by atoms with Gasteiger partial charge in [-0.05, 0) is 54.2 Å². The summed E-state index contributed by atoms with van der Waals surface area (Å²) in [6, 6.07) is 4.19. The lowest BCUT2D eigenvalue weighted by atomic mass is 10.1. The van der Waals surface area contributed by atoms with E-state index >= 15 is 0 Å². The van der Waals surface area contributed by atoms with Gasteiger partial charge in [0.2, 0.25) is 0 Å². The van der Waals surface area contributed by atoms with Gasteiger partial charge in [0.15, 0.2) is 0 Å². The molecule has 0 saturated carbocycles. The second-order valence-electron chi connectivity index (χ2n) is 3.78. The summed E-state index contributed by atoms with van der Waals surface area (Å²) in [7, 11) is 0. The average molecular weight is 255 g/mol. The molecule has 2 rings (SSSR count). The van der Waals surface area contributed by atoms with Gasteiger partial charge in [0.05, 0.1) is 5.69 Å². The molecule has 1 fully saturated rings. The molecule has 1 aliphatic heterocycles. The third-order valence-electron chi connectivity index (χ3n) is 2.69. The molecule has 0 aliphatic carbocycles. The zero-order valence-electron chi connectivity index (χ0n) is 8.46. The second-order valence-corrected chi connectivity index (χ2v) is 4.64. The van der Waals surface area contributed by atoms with Gasteiger partial charge < -0.3 is 4.90 Å². The van der Waals surface area contributed by atoms with Crippen molar-refractivity contribution in [3.8, 4) is 0 Å². The van der Waals surface area contributed by atoms with Crippen molar-refractivity contribution >= 4 is 21.7 Å². The lowest BCUT2D eigenvalue weighted by Gasteiger charge is -2.27. The SMILES string of the molecule is Cc1nc(N2CCCCC2)ccc1Br. The predicted octanol–water partition coefficient (Wildman–Crippen LogP) is 3.14. The zero-order valence-corrected chi connectivity index (χ0v) is 10.0. The van der Waals surface area contributed by atoms with Crippen LogP contribution in [0.5, 0.6) is 0 Å². The first-order chi connectivity index (χ1) is 6.77. The van der Waals surface area contributed by atoms with Gasteiger partial charge in [0.25, 0.3) is 0 Å². The summed E-state index contributed by atoms with van der Waals surface area (Å²) < 4.78 is 1.10. The normalized spacial score (nSPS) is 17.1. The van der Waals surface area contributed by atoms with Crippen molar-refractivity contribution in [3.63, 3.8) is 0 Å². The summed E-state index contributed by atoms with van der Waals surface area (Å²) in [6.45, 7) is 4.36. The van der Waals surface area contributed by atoms with Gasteiger partial charge in [-0.15, -0.1) is 0 Å². The van der Waals surface area contributed by atoms with Crippen LogP contribution in [0.1, 0.15) is 25.0 Å². The van der Waals surface area contributed by atoms with Crippen molar-refractivity contribution in [3.05, 3.63) is 22.3 Å². The highest BCUT2D eigenvalue weighted by Gasteiger charge is 2.12. The molecule has 2 nitrogen and oxygen atoms in total. The summed E-state index contributed by atoms with van der Waals surface area (Å²) in [5, 5.41) is 0. The fourth-order valence-electron chi connectivity index (χ4n) is 1.83. The number of aryl methyl sites for hydroxylation is 1. The third-order valence-corrected chi connectivity index (χ3v) is 3.52. The molecule has 0 N–H and O–H groups in total. The van der Waals surface area contributed by atoms with Crippen LogP contribution < -0.4 is 4.90 Å². The molecule has 0 aromatic carbocycles. The number of halogens is 1. The molecular formula is C11H15BrN2. The van der Waals surface area contributed by atoms with Crippen LogP contribution in [-0.4, -0.2) is 18.1 Å². The Morgan fingerprint density at radius 3 is 2.57 bits per heavy atom. The van der Waals surface area contributed by atoms with Crippen LogP contribution in [0, 0.1) is 6.92 Å². The number of piperidine rings is 1. The lowest BCUT2D eigenvalue weighted by molar-refractivity contribution is 0.573. The molecule has 1 saturated heterocycles. The molecule has 0 atom stereocenters. The van der Waals surface area contributed by atoms with E-state index in [0.29, 0.717) is 0 Å². The molecule has 0 amide bonds. The number of hydrogen-bond donors (Lipinski definition) is 0. The number of nitrogens with zero attached hydrogens (tertiary/aromatic N) is 2. The van der Waals surface area contributed by atoms with E-state index < -0.39 is 0 Å². The van der Waals surface area contributed by atoms with Crippen molar-refractivity contribution in [2.45, 2.75) is 26.2 Å². The Hall–Kier alpha value is -0.570. The molecule has 1 aromatic heterocycles. The molecule has 14 heavy (non-hydrogen) atoms. The average Bonchev–Trinajstić information content (AvgIpc) is 2.23. The van der Waals surface area contributed by atoms with Gasteiger partial charge in [-0.25, -0.2) is 4.98 Å². The molecule has 2 heterocycles. The summed E-state index contributed by atoms with van der Waals surface area (Å²) >= 11 is 3.47. The Morgan fingerprint density at radius 2 is 1.93 bits per heavy atom. The number of aromatic nitrogens is 1. The largest absolute Gasteiger partial charge is 0.357 e. The van der Waals surface area contributed by atoms with Gasteiger partial charge in [-0.2, -0.15) is 0 Å². The van der Waals surface area contributed by atoms with Crippen molar-refractivity contribution in [2.24, 2.45) is 0 Å². The Kier molecular flexibility index (Phi) is 3.06. The van der Waals surface area contributed by atoms with E-state index in [1.807, 2.05) is 6.92 Å². The van der Waals surface area contributed by atoms with E-state index in [9.17, 15) is 0 Å². The summed E-state index contributed by atoms with van der Waals surface area (Å²) in [5.41, 5.74) is 1.08. The van der Waals surface area contributed by atoms with Crippen LogP contribution in [0.2, 0.25) is 0 Å². The van der Waals surface area contributed by atoms with Crippen LogP contribution in [0.25, 0.3) is 0 Å². The highest BCUT2D eigenvalue weighted by Crippen LogP contribution is 2.21. The van der Waals surface area contributed by atoms with Crippen LogP contribution in [0.15, 0.2) is 16.6 Å². The zero-order chi connectivity index (χ0) is 9.97. The van der Waals surface area contributed by atoms with E-state index in [1.54, 1.807) is 0 Å². The minimum atomic E-state index is 1.08. The number of anilines is 1. The van der Waals surface area contributed by atoms with Crippen LogP contribution in [-0.2, 0) is 0 Å². The highest BCUT2D eigenvalue weighted by atomic mass is 79.9. The summed E-state index contributed by atoms with van der Waals surface area (Å²) in [5.74, 6) is 1.13. The van der Waals surface area contributed by atoms with Gasteiger partial charge >= 0.3 is 0 Å². The van der Waals surface area contributed by atoms with Crippen molar-refractivity contribution in [1.82, 2.24) is 4.98 Å². The van der Waals surface area contributed by atoms with Crippen molar-refractivity contribution in [2.75, 3.05) is 18.0 Å². The molecule has 0 radical (unpaired) electrons. The second kappa shape index (κ2) is 4.30. The van der Waals surface area contributed by atoms with Gasteiger partial charge in [-0.1, -0.05) is 0 Å². The lowest BCUT2D eigenvalue weighted by Crippen LogP contribution is -2.30. The molecule has 0 unspecified atom stereocenters. The molecule has 76 valence electrons. The number of hydrogen-bond acceptors (Lipinski definition) is 2. The third kappa shape index (κ3) is 2.08. The number of rotatable bonds is 1. The Labute approximate surface area is 93.5 Å². The Balaban J connectivity index is 2.18. The maximum atomic E-state index is 4.58. The fraction of sp³-hybridized carbons (Fsp3) is 0.545. The Morgan fingerprint density at radius 1 is 1.21 bits per heavy atom. The summed E-state index contributed by atoms with van der Waals surface area (Å²) in [4.78, 5) is 6.95. The minimum Gasteiger partial charge on any atom is -0.357 e. The van der Waals surface area contributed by atoms with Gasteiger partial charge in [0.1, 0.15) is 5.82 Å². The summed E-state index contributed by atoms with van der Waals surface area (Å²) in [6.07, 6.45) is 3.97.